The van der Waals surface area contributed by atoms with Crippen molar-refractivity contribution in [1.82, 2.24) is 9.88 Å². The summed E-state index contributed by atoms with van der Waals surface area (Å²) in [6.07, 6.45) is 2.15. The molecule has 0 unspecified atom stereocenters. The molecule has 0 atom stereocenters. The molecule has 0 fully saturated rings. The molecule has 0 bridgehead atoms. The minimum atomic E-state index is -0.00550. The quantitative estimate of drug-likeness (QED) is 0.874. The minimum Gasteiger partial charge on any atom is -0.351 e. The number of anilines is 1. The molecule has 0 radical (unpaired) electrons. The SMILES string of the molecule is CN(C)C(=O)c1nc2c(s1)CCCN2Cc1ccccc1. The van der Waals surface area contributed by atoms with Gasteiger partial charge in [-0.05, 0) is 18.4 Å². The predicted octanol–water partition coefficient (Wildman–Crippen LogP) is 2.80. The van der Waals surface area contributed by atoms with E-state index in [0.717, 1.165) is 31.7 Å². The molecular weight excluding hydrogens is 282 g/mol. The van der Waals surface area contributed by atoms with E-state index in [-0.39, 0.29) is 5.91 Å². The summed E-state index contributed by atoms with van der Waals surface area (Å²) in [6, 6.07) is 10.4. The van der Waals surface area contributed by atoms with Crippen LogP contribution in [0.1, 0.15) is 26.7 Å². The fourth-order valence-corrected chi connectivity index (χ4v) is 3.68. The molecule has 0 aliphatic carbocycles. The van der Waals surface area contributed by atoms with Gasteiger partial charge in [0.2, 0.25) is 0 Å². The van der Waals surface area contributed by atoms with Crippen molar-refractivity contribution < 1.29 is 4.79 Å². The summed E-state index contributed by atoms with van der Waals surface area (Å²) < 4.78 is 0. The summed E-state index contributed by atoms with van der Waals surface area (Å²) in [5.41, 5.74) is 1.28. The Morgan fingerprint density at radius 1 is 1.33 bits per heavy atom. The fourth-order valence-electron chi connectivity index (χ4n) is 2.53. The largest absolute Gasteiger partial charge is 0.351 e. The summed E-state index contributed by atoms with van der Waals surface area (Å²) in [5, 5.41) is 0.602. The zero-order chi connectivity index (χ0) is 14.8. The monoisotopic (exact) mass is 301 g/mol. The fraction of sp³-hybridized carbons (Fsp3) is 0.375. The minimum absolute atomic E-state index is 0.00550. The highest BCUT2D eigenvalue weighted by atomic mass is 32.1. The molecule has 1 aromatic carbocycles. The van der Waals surface area contributed by atoms with Gasteiger partial charge in [0.1, 0.15) is 5.82 Å². The molecule has 0 saturated heterocycles. The molecular formula is C16H19N3OS. The van der Waals surface area contributed by atoms with Gasteiger partial charge in [-0.2, -0.15) is 0 Å². The van der Waals surface area contributed by atoms with Crippen molar-refractivity contribution in [2.45, 2.75) is 19.4 Å². The van der Waals surface area contributed by atoms with E-state index in [1.165, 1.54) is 10.4 Å². The van der Waals surface area contributed by atoms with Gasteiger partial charge in [-0.25, -0.2) is 4.98 Å². The number of nitrogens with zero attached hydrogens (tertiary/aromatic N) is 3. The van der Waals surface area contributed by atoms with Gasteiger partial charge in [-0.3, -0.25) is 4.79 Å². The second-order valence-electron chi connectivity index (χ2n) is 5.48. The van der Waals surface area contributed by atoms with Gasteiger partial charge in [0.25, 0.3) is 5.91 Å². The van der Waals surface area contributed by atoms with Gasteiger partial charge in [-0.15, -0.1) is 11.3 Å². The number of aryl methyl sites for hydroxylation is 1. The molecule has 0 N–H and O–H groups in total. The summed E-state index contributed by atoms with van der Waals surface area (Å²) >= 11 is 1.54. The number of carbonyl (C=O) groups excluding carboxylic acids is 1. The number of thiazole rings is 1. The highest BCUT2D eigenvalue weighted by molar-refractivity contribution is 7.14. The zero-order valence-corrected chi connectivity index (χ0v) is 13.2. The Labute approximate surface area is 129 Å². The lowest BCUT2D eigenvalue weighted by atomic mass is 10.1. The van der Waals surface area contributed by atoms with Gasteiger partial charge < -0.3 is 9.80 Å². The Morgan fingerprint density at radius 3 is 2.81 bits per heavy atom. The molecule has 110 valence electrons. The molecule has 5 heteroatoms. The van der Waals surface area contributed by atoms with Crippen LogP contribution in [-0.2, 0) is 13.0 Å². The van der Waals surface area contributed by atoms with Crippen LogP contribution in [-0.4, -0.2) is 36.4 Å². The predicted molar refractivity (Wildman–Crippen MR) is 85.9 cm³/mol. The van der Waals surface area contributed by atoms with E-state index >= 15 is 0 Å². The Bertz CT molecular complexity index is 636. The summed E-state index contributed by atoms with van der Waals surface area (Å²) in [7, 11) is 3.54. The maximum Gasteiger partial charge on any atom is 0.282 e. The standard InChI is InChI=1S/C16H19N3OS/c1-18(2)16(20)15-17-14-13(21-15)9-6-10-19(14)11-12-7-4-3-5-8-12/h3-5,7-8H,6,9-11H2,1-2H3. The van der Waals surface area contributed by atoms with E-state index in [4.69, 9.17) is 0 Å². The lowest BCUT2D eigenvalue weighted by molar-refractivity contribution is 0.0827. The number of hydrogen-bond acceptors (Lipinski definition) is 4. The third-order valence-electron chi connectivity index (χ3n) is 3.61. The van der Waals surface area contributed by atoms with Crippen LogP contribution in [0.25, 0.3) is 0 Å². The van der Waals surface area contributed by atoms with E-state index in [1.54, 1.807) is 30.3 Å². The van der Waals surface area contributed by atoms with E-state index in [9.17, 15) is 4.79 Å². The number of amides is 1. The van der Waals surface area contributed by atoms with Crippen molar-refractivity contribution in [1.29, 1.82) is 0 Å². The first-order chi connectivity index (χ1) is 10.1. The Morgan fingerprint density at radius 2 is 2.10 bits per heavy atom. The number of rotatable bonds is 3. The maximum absolute atomic E-state index is 12.1. The molecule has 1 aliphatic rings. The topological polar surface area (TPSA) is 36.4 Å². The van der Waals surface area contributed by atoms with Crippen LogP contribution >= 0.6 is 11.3 Å². The average molecular weight is 301 g/mol. The van der Waals surface area contributed by atoms with E-state index in [2.05, 4.69) is 34.1 Å². The smallest absolute Gasteiger partial charge is 0.282 e. The molecule has 3 rings (SSSR count). The van der Waals surface area contributed by atoms with Gasteiger partial charge in [0.15, 0.2) is 5.01 Å². The molecule has 0 saturated carbocycles. The maximum atomic E-state index is 12.1. The number of carbonyl (C=O) groups is 1. The van der Waals surface area contributed by atoms with Crippen molar-refractivity contribution in [2.24, 2.45) is 0 Å². The first kappa shape index (κ1) is 14.1. The lowest BCUT2D eigenvalue weighted by Crippen LogP contribution is -2.28. The van der Waals surface area contributed by atoms with Crippen molar-refractivity contribution in [3.63, 3.8) is 0 Å². The summed E-state index contributed by atoms with van der Waals surface area (Å²) in [5.74, 6) is 0.995. The Balaban J connectivity index is 1.86. The van der Waals surface area contributed by atoms with Crippen LogP contribution in [0.15, 0.2) is 30.3 Å². The highest BCUT2D eigenvalue weighted by Gasteiger charge is 2.24. The average Bonchev–Trinajstić information content (AvgIpc) is 2.92. The van der Waals surface area contributed by atoms with Crippen molar-refractivity contribution in [3.05, 3.63) is 45.8 Å². The van der Waals surface area contributed by atoms with Crippen LogP contribution in [0.4, 0.5) is 5.82 Å². The van der Waals surface area contributed by atoms with E-state index < -0.39 is 0 Å². The van der Waals surface area contributed by atoms with Gasteiger partial charge in [0, 0.05) is 32.1 Å². The number of fused-ring (bicyclic) bond motifs is 1. The summed E-state index contributed by atoms with van der Waals surface area (Å²) in [6.45, 7) is 1.86. The Kier molecular flexibility index (Phi) is 3.92. The molecule has 1 aromatic heterocycles. The molecule has 1 aliphatic heterocycles. The van der Waals surface area contributed by atoms with Crippen molar-refractivity contribution >= 4 is 23.1 Å². The summed E-state index contributed by atoms with van der Waals surface area (Å²) in [4.78, 5) is 21.8. The molecule has 2 aromatic rings. The number of hydrogen-bond donors (Lipinski definition) is 0. The number of aromatic nitrogens is 1. The van der Waals surface area contributed by atoms with Crippen LogP contribution in [0.5, 0.6) is 0 Å². The first-order valence-corrected chi connectivity index (χ1v) is 7.97. The van der Waals surface area contributed by atoms with Crippen LogP contribution in [0.2, 0.25) is 0 Å². The second kappa shape index (κ2) is 5.85. The van der Waals surface area contributed by atoms with E-state index in [1.807, 2.05) is 6.07 Å². The first-order valence-electron chi connectivity index (χ1n) is 7.15. The molecule has 21 heavy (non-hydrogen) atoms. The molecule has 1 amide bonds. The van der Waals surface area contributed by atoms with Gasteiger partial charge in [-0.1, -0.05) is 30.3 Å². The second-order valence-corrected chi connectivity index (χ2v) is 6.56. The van der Waals surface area contributed by atoms with Gasteiger partial charge >= 0.3 is 0 Å². The van der Waals surface area contributed by atoms with Crippen LogP contribution in [0.3, 0.4) is 0 Å². The van der Waals surface area contributed by atoms with Gasteiger partial charge in [0.05, 0.1) is 0 Å². The van der Waals surface area contributed by atoms with Crippen molar-refractivity contribution in [3.8, 4) is 0 Å². The highest BCUT2D eigenvalue weighted by Crippen LogP contribution is 2.33. The lowest BCUT2D eigenvalue weighted by Gasteiger charge is -2.27. The Hall–Kier alpha value is -1.88. The van der Waals surface area contributed by atoms with Crippen LogP contribution in [0, 0.1) is 0 Å². The number of benzene rings is 1. The molecule has 0 spiro atoms. The van der Waals surface area contributed by atoms with Crippen LogP contribution < -0.4 is 4.90 Å². The molecule has 4 nitrogen and oxygen atoms in total. The third-order valence-corrected chi connectivity index (χ3v) is 4.71. The zero-order valence-electron chi connectivity index (χ0n) is 12.4. The molecule has 2 heterocycles. The van der Waals surface area contributed by atoms with E-state index in [0.29, 0.717) is 5.01 Å². The van der Waals surface area contributed by atoms with Crippen molar-refractivity contribution in [2.75, 3.05) is 25.5 Å². The normalized spacial score (nSPS) is 13.9. The third kappa shape index (κ3) is 2.93.